The summed E-state index contributed by atoms with van der Waals surface area (Å²) in [5, 5.41) is 2.81. The molecule has 1 aliphatic rings. The molecule has 8 nitrogen and oxygen atoms in total. The number of aryl methyl sites for hydroxylation is 1. The molecule has 170 valence electrons. The molecule has 1 N–H and O–H groups in total. The highest BCUT2D eigenvalue weighted by Crippen LogP contribution is 2.30. The lowest BCUT2D eigenvalue weighted by atomic mass is 10.1. The van der Waals surface area contributed by atoms with E-state index >= 15 is 0 Å². The molecule has 2 aromatic heterocycles. The Kier molecular flexibility index (Phi) is 6.30. The molecule has 32 heavy (non-hydrogen) atoms. The zero-order valence-electron chi connectivity index (χ0n) is 18.7. The van der Waals surface area contributed by atoms with E-state index in [2.05, 4.69) is 19.9 Å². The van der Waals surface area contributed by atoms with Crippen LogP contribution < -0.4 is 5.32 Å². The first-order valence-electron chi connectivity index (χ1n) is 11.0. The van der Waals surface area contributed by atoms with Crippen LogP contribution in [-0.2, 0) is 14.8 Å². The average molecular weight is 456 g/mol. The average Bonchev–Trinajstić information content (AvgIpc) is 3.09. The lowest BCUT2D eigenvalue weighted by Crippen LogP contribution is -2.39. The molecule has 0 unspecified atom stereocenters. The molecule has 1 amide bonds. The molecule has 0 spiro atoms. The van der Waals surface area contributed by atoms with Gasteiger partial charge >= 0.3 is 0 Å². The number of rotatable bonds is 6. The Morgan fingerprint density at radius 3 is 2.50 bits per heavy atom. The summed E-state index contributed by atoms with van der Waals surface area (Å²) in [5.41, 5.74) is 2.31. The number of hydrogen-bond acceptors (Lipinski definition) is 5. The van der Waals surface area contributed by atoms with E-state index in [4.69, 9.17) is 0 Å². The van der Waals surface area contributed by atoms with Crippen LogP contribution in [0.2, 0.25) is 0 Å². The smallest absolute Gasteiger partial charge is 0.243 e. The molecule has 1 aromatic carbocycles. The van der Waals surface area contributed by atoms with Crippen molar-refractivity contribution >= 4 is 32.8 Å². The standard InChI is InChI=1S/C23H29N5O3S/c1-16(2)15-22(29)26-18-6-8-20(9-7-18)32(30,31)27-13-10-19(11-14-27)28-17(3)25-21-5-4-12-24-23(21)28/h4-9,12,16,19H,10-11,13-15H2,1-3H3,(H,26,29). The first-order valence-corrected chi connectivity index (χ1v) is 12.4. The van der Waals surface area contributed by atoms with Crippen molar-refractivity contribution in [3.05, 3.63) is 48.4 Å². The summed E-state index contributed by atoms with van der Waals surface area (Å²) < 4.78 is 30.0. The molecule has 0 saturated carbocycles. The first kappa shape index (κ1) is 22.4. The lowest BCUT2D eigenvalue weighted by molar-refractivity contribution is -0.116. The van der Waals surface area contributed by atoms with Gasteiger partial charge in [-0.3, -0.25) is 4.79 Å². The van der Waals surface area contributed by atoms with E-state index in [9.17, 15) is 13.2 Å². The zero-order valence-corrected chi connectivity index (χ0v) is 19.5. The number of imidazole rings is 1. The number of benzene rings is 1. The highest BCUT2D eigenvalue weighted by molar-refractivity contribution is 7.89. The van der Waals surface area contributed by atoms with E-state index < -0.39 is 10.0 Å². The third-order valence-electron chi connectivity index (χ3n) is 5.78. The number of carbonyl (C=O) groups excluding carboxylic acids is 1. The van der Waals surface area contributed by atoms with Gasteiger partial charge in [0.15, 0.2) is 5.65 Å². The highest BCUT2D eigenvalue weighted by Gasteiger charge is 2.31. The van der Waals surface area contributed by atoms with Crippen LogP contribution in [0.4, 0.5) is 5.69 Å². The van der Waals surface area contributed by atoms with Gasteiger partial charge in [-0.05, 0) is 62.1 Å². The van der Waals surface area contributed by atoms with Crippen LogP contribution in [0.5, 0.6) is 0 Å². The summed E-state index contributed by atoms with van der Waals surface area (Å²) in [6.45, 7) is 6.79. The van der Waals surface area contributed by atoms with Gasteiger partial charge < -0.3 is 9.88 Å². The van der Waals surface area contributed by atoms with Crippen LogP contribution in [0.25, 0.3) is 11.2 Å². The second-order valence-corrected chi connectivity index (χ2v) is 10.6. The van der Waals surface area contributed by atoms with Gasteiger partial charge in [-0.2, -0.15) is 4.31 Å². The minimum absolute atomic E-state index is 0.0745. The van der Waals surface area contributed by atoms with Crippen LogP contribution in [-0.4, -0.2) is 46.3 Å². The third-order valence-corrected chi connectivity index (χ3v) is 7.70. The van der Waals surface area contributed by atoms with Gasteiger partial charge in [0.1, 0.15) is 11.3 Å². The number of fused-ring (bicyclic) bond motifs is 1. The normalized spacial score (nSPS) is 16.0. The number of sulfonamides is 1. The zero-order chi connectivity index (χ0) is 22.9. The number of pyridine rings is 1. The number of piperidine rings is 1. The minimum atomic E-state index is -3.59. The van der Waals surface area contributed by atoms with Crippen molar-refractivity contribution in [1.29, 1.82) is 0 Å². The van der Waals surface area contributed by atoms with E-state index in [0.29, 0.717) is 38.0 Å². The van der Waals surface area contributed by atoms with Crippen molar-refractivity contribution < 1.29 is 13.2 Å². The lowest BCUT2D eigenvalue weighted by Gasteiger charge is -2.32. The summed E-state index contributed by atoms with van der Waals surface area (Å²) in [7, 11) is -3.59. The topological polar surface area (TPSA) is 97.2 Å². The fourth-order valence-electron chi connectivity index (χ4n) is 4.26. The van der Waals surface area contributed by atoms with Crippen LogP contribution in [0.1, 0.15) is 45.0 Å². The largest absolute Gasteiger partial charge is 0.326 e. The Labute approximate surface area is 188 Å². The molecule has 3 aromatic rings. The molecule has 0 atom stereocenters. The SMILES string of the molecule is Cc1nc2cccnc2n1C1CCN(S(=O)(=O)c2ccc(NC(=O)CC(C)C)cc2)CC1. The number of carbonyl (C=O) groups is 1. The molecular formula is C23H29N5O3S. The van der Waals surface area contributed by atoms with Gasteiger partial charge in [-0.25, -0.2) is 18.4 Å². The summed E-state index contributed by atoms with van der Waals surface area (Å²) in [4.78, 5) is 21.2. The first-order chi connectivity index (χ1) is 15.3. The van der Waals surface area contributed by atoms with E-state index in [1.54, 1.807) is 30.5 Å². The van der Waals surface area contributed by atoms with Crippen LogP contribution in [0.3, 0.4) is 0 Å². The predicted molar refractivity (Wildman–Crippen MR) is 124 cm³/mol. The molecule has 9 heteroatoms. The minimum Gasteiger partial charge on any atom is -0.326 e. The second kappa shape index (κ2) is 8.99. The van der Waals surface area contributed by atoms with Gasteiger partial charge in [0, 0.05) is 37.4 Å². The van der Waals surface area contributed by atoms with Crippen LogP contribution in [0, 0.1) is 12.8 Å². The Balaban J connectivity index is 1.43. The maximum atomic E-state index is 13.1. The Hall–Kier alpha value is -2.78. The van der Waals surface area contributed by atoms with Crippen LogP contribution >= 0.6 is 0 Å². The molecule has 4 rings (SSSR count). The summed E-state index contributed by atoms with van der Waals surface area (Å²) in [6, 6.07) is 10.4. The van der Waals surface area contributed by atoms with E-state index in [1.807, 2.05) is 32.9 Å². The van der Waals surface area contributed by atoms with Crippen molar-refractivity contribution in [3.8, 4) is 0 Å². The highest BCUT2D eigenvalue weighted by atomic mass is 32.2. The van der Waals surface area contributed by atoms with E-state index in [-0.39, 0.29) is 22.8 Å². The molecule has 1 saturated heterocycles. The maximum absolute atomic E-state index is 13.1. The number of amides is 1. The monoisotopic (exact) mass is 455 g/mol. The molecule has 0 radical (unpaired) electrons. The Morgan fingerprint density at radius 2 is 1.84 bits per heavy atom. The van der Waals surface area contributed by atoms with Gasteiger partial charge in [-0.15, -0.1) is 0 Å². The number of nitrogens with one attached hydrogen (secondary N) is 1. The number of nitrogens with zero attached hydrogens (tertiary/aromatic N) is 4. The van der Waals surface area contributed by atoms with Gasteiger partial charge in [0.05, 0.1) is 4.90 Å². The van der Waals surface area contributed by atoms with Gasteiger partial charge in [-0.1, -0.05) is 13.8 Å². The number of anilines is 1. The molecule has 0 bridgehead atoms. The Morgan fingerprint density at radius 1 is 1.16 bits per heavy atom. The quantitative estimate of drug-likeness (QED) is 0.611. The molecule has 0 aliphatic carbocycles. The van der Waals surface area contributed by atoms with Gasteiger partial charge in [0.2, 0.25) is 15.9 Å². The fourth-order valence-corrected chi connectivity index (χ4v) is 5.73. The predicted octanol–water partition coefficient (Wildman–Crippen LogP) is 3.75. The third kappa shape index (κ3) is 4.54. The maximum Gasteiger partial charge on any atom is 0.243 e. The second-order valence-electron chi connectivity index (χ2n) is 8.68. The van der Waals surface area contributed by atoms with Crippen LogP contribution in [0.15, 0.2) is 47.5 Å². The summed E-state index contributed by atoms with van der Waals surface area (Å²) in [5.74, 6) is 1.09. The molecule has 1 aliphatic heterocycles. The number of aromatic nitrogens is 3. The fraction of sp³-hybridized carbons (Fsp3) is 0.435. The molecular weight excluding hydrogens is 426 g/mol. The van der Waals surface area contributed by atoms with Crippen molar-refractivity contribution in [3.63, 3.8) is 0 Å². The summed E-state index contributed by atoms with van der Waals surface area (Å²) in [6.07, 6.45) is 3.58. The van der Waals surface area contributed by atoms with Crippen molar-refractivity contribution in [2.24, 2.45) is 5.92 Å². The molecule has 1 fully saturated rings. The number of hydrogen-bond donors (Lipinski definition) is 1. The summed E-state index contributed by atoms with van der Waals surface area (Å²) >= 11 is 0. The van der Waals surface area contributed by atoms with Gasteiger partial charge in [0.25, 0.3) is 0 Å². The van der Waals surface area contributed by atoms with E-state index in [1.165, 1.54) is 4.31 Å². The van der Waals surface area contributed by atoms with Crippen molar-refractivity contribution in [1.82, 2.24) is 18.8 Å². The molecule has 3 heterocycles. The van der Waals surface area contributed by atoms with Crippen molar-refractivity contribution in [2.45, 2.75) is 51.0 Å². The van der Waals surface area contributed by atoms with Crippen molar-refractivity contribution in [2.75, 3.05) is 18.4 Å². The Bertz CT molecular complexity index is 1210. The van der Waals surface area contributed by atoms with E-state index in [0.717, 1.165) is 17.0 Å².